The molecule has 0 amide bonds. The summed E-state index contributed by atoms with van der Waals surface area (Å²) in [6.45, 7) is 27.3. The number of unbranched alkanes of at least 4 members (excludes halogenated alkanes) is 2. The van der Waals surface area contributed by atoms with Crippen molar-refractivity contribution in [2.24, 2.45) is 17.8 Å². The molecule has 1 fully saturated rings. The van der Waals surface area contributed by atoms with E-state index >= 15 is 0 Å². The number of nitrogens with zero attached hydrogens (tertiary/aromatic N) is 1. The summed E-state index contributed by atoms with van der Waals surface area (Å²) in [5.41, 5.74) is 1.32. The van der Waals surface area contributed by atoms with Crippen LogP contribution in [0.2, 0.25) is 0 Å². The number of aliphatic hydroxyl groups is 1. The van der Waals surface area contributed by atoms with E-state index in [-0.39, 0.29) is 11.8 Å². The van der Waals surface area contributed by atoms with Crippen molar-refractivity contribution in [2.75, 3.05) is 39.9 Å². The number of hydrogen-bond donors (Lipinski definition) is 1. The van der Waals surface area contributed by atoms with E-state index in [2.05, 4.69) is 78.8 Å². The Kier molecular flexibility index (Phi) is 59.7. The van der Waals surface area contributed by atoms with Gasteiger partial charge in [0, 0.05) is 7.11 Å². The molecule has 1 aliphatic rings. The van der Waals surface area contributed by atoms with E-state index in [1.807, 2.05) is 39.0 Å². The highest BCUT2D eigenvalue weighted by Crippen LogP contribution is 2.22. The van der Waals surface area contributed by atoms with E-state index in [0.717, 1.165) is 24.9 Å². The number of aryl methyl sites for hydroxylation is 1. The fourth-order valence-corrected chi connectivity index (χ4v) is 5.85. The molecule has 6 nitrogen and oxygen atoms in total. The lowest BCUT2D eigenvalue weighted by Crippen LogP contribution is -2.23. The highest BCUT2D eigenvalue weighted by Gasteiger charge is 2.09. The molecular weight excluding hydrogens is 643 g/mol. The monoisotopic (exact) mass is 732 g/mol. The molecule has 1 aliphatic carbocycles. The van der Waals surface area contributed by atoms with Crippen molar-refractivity contribution in [3.8, 4) is 0 Å². The highest BCUT2D eigenvalue weighted by molar-refractivity contribution is 7.91. The van der Waals surface area contributed by atoms with Crippen LogP contribution >= 0.6 is 0 Å². The highest BCUT2D eigenvalue weighted by atomic mass is 32.2. The number of rotatable bonds is 13. The van der Waals surface area contributed by atoms with Crippen LogP contribution in [-0.2, 0) is 19.4 Å². The molecule has 0 bridgehead atoms. The van der Waals surface area contributed by atoms with Crippen LogP contribution < -0.4 is 0 Å². The van der Waals surface area contributed by atoms with Gasteiger partial charge in [-0.3, -0.25) is 9.69 Å². The minimum absolute atomic E-state index is 0.167. The zero-order valence-electron chi connectivity index (χ0n) is 36.2. The lowest BCUT2D eigenvalue weighted by atomic mass is 9.91. The van der Waals surface area contributed by atoms with Gasteiger partial charge in [-0.05, 0) is 45.2 Å². The van der Waals surface area contributed by atoms with Gasteiger partial charge < -0.3 is 9.84 Å². The van der Waals surface area contributed by atoms with Crippen LogP contribution in [0.5, 0.6) is 0 Å². The standard InChI is InChI=1S/C8H18.C7H14.C7H8.C7H16.C6H15NO2S.C5H8O2.C2H6.CH4O/c1-4-5-6-7-8(2)3;2*1-7-5-3-2-4-6-7;1-4-6-7(3)5-2;1-4-5-10(8,9)6-7(2)3;1-3-4-5(6)7-2;2*1-2/h8H,4-7H2,1-3H3;7H,2-6H2,1H3;2-6H,1H3;7H,4-6H2,1-3H3;4-6H2,1-3H3;3H,1,4H2,2H3;1-2H3;2H,1H3. The molecule has 7 heteroatoms. The smallest absolute Gasteiger partial charge is 0.309 e. The Hall–Kier alpha value is -1.70. The first kappa shape index (κ1) is 60.4. The Morgan fingerprint density at radius 1 is 0.920 bits per heavy atom. The van der Waals surface area contributed by atoms with Crippen LogP contribution in [0.4, 0.5) is 0 Å². The van der Waals surface area contributed by atoms with Crippen LogP contribution in [0.3, 0.4) is 0 Å². The number of sulfone groups is 1. The minimum Gasteiger partial charge on any atom is -0.469 e. The molecule has 50 heavy (non-hydrogen) atoms. The van der Waals surface area contributed by atoms with Gasteiger partial charge in [-0.2, -0.15) is 0 Å². The number of methoxy groups -OCH3 is 1. The zero-order valence-corrected chi connectivity index (χ0v) is 37.0. The van der Waals surface area contributed by atoms with Crippen LogP contribution in [0, 0.1) is 24.7 Å². The second-order valence-electron chi connectivity index (χ2n) is 13.3. The molecular formula is C43H89NO5S. The summed E-state index contributed by atoms with van der Waals surface area (Å²) in [6.07, 6.45) is 19.6. The van der Waals surface area contributed by atoms with Gasteiger partial charge in [0.25, 0.3) is 0 Å². The van der Waals surface area contributed by atoms with Crippen LogP contribution in [-0.4, -0.2) is 64.3 Å². The zero-order chi connectivity index (χ0) is 40.2. The van der Waals surface area contributed by atoms with Gasteiger partial charge in [0.1, 0.15) is 5.88 Å². The summed E-state index contributed by atoms with van der Waals surface area (Å²) in [6, 6.07) is 10.3. The topological polar surface area (TPSA) is 83.9 Å². The number of carbonyl (C=O) groups excluding carboxylic acids is 1. The first-order chi connectivity index (χ1) is 23.7. The Bertz CT molecular complexity index is 849. The number of benzene rings is 1. The average Bonchev–Trinajstić information content (AvgIpc) is 3.08. The Labute approximate surface area is 315 Å². The van der Waals surface area contributed by atoms with E-state index in [4.69, 9.17) is 5.11 Å². The maximum Gasteiger partial charge on any atom is 0.309 e. The molecule has 1 atom stereocenters. The van der Waals surface area contributed by atoms with Crippen molar-refractivity contribution in [3.63, 3.8) is 0 Å². The number of carbonyl (C=O) groups is 1. The van der Waals surface area contributed by atoms with Crippen LogP contribution in [0.1, 0.15) is 165 Å². The van der Waals surface area contributed by atoms with E-state index in [9.17, 15) is 13.2 Å². The number of ether oxygens (including phenoxy) is 1. The van der Waals surface area contributed by atoms with Crippen molar-refractivity contribution < 1.29 is 23.1 Å². The summed E-state index contributed by atoms with van der Waals surface area (Å²) in [4.78, 5) is 11.8. The normalized spacial score (nSPS) is 12.2. The molecule has 1 unspecified atom stereocenters. The molecule has 1 aromatic carbocycles. The van der Waals surface area contributed by atoms with Crippen LogP contribution in [0.25, 0.3) is 0 Å². The van der Waals surface area contributed by atoms with Crippen molar-refractivity contribution >= 4 is 15.8 Å². The van der Waals surface area contributed by atoms with Gasteiger partial charge in [-0.15, -0.1) is 6.58 Å². The summed E-state index contributed by atoms with van der Waals surface area (Å²) in [7, 11) is 3.06. The molecule has 302 valence electrons. The van der Waals surface area contributed by atoms with E-state index in [1.54, 1.807) is 19.0 Å². The average molecular weight is 732 g/mol. The van der Waals surface area contributed by atoms with Gasteiger partial charge in [0.05, 0.1) is 19.3 Å². The molecule has 0 radical (unpaired) electrons. The summed E-state index contributed by atoms with van der Waals surface area (Å²) in [5, 5.41) is 7.00. The Morgan fingerprint density at radius 3 is 1.68 bits per heavy atom. The lowest BCUT2D eigenvalue weighted by molar-refractivity contribution is -0.139. The molecule has 0 aromatic heterocycles. The molecule has 2 rings (SSSR count). The maximum atomic E-state index is 11.0. The first-order valence-corrected chi connectivity index (χ1v) is 21.5. The summed E-state index contributed by atoms with van der Waals surface area (Å²) in [5.74, 6) is 3.11. The second-order valence-corrected chi connectivity index (χ2v) is 15.5. The van der Waals surface area contributed by atoms with E-state index in [1.165, 1.54) is 95.8 Å². The van der Waals surface area contributed by atoms with Crippen LogP contribution in [0.15, 0.2) is 43.0 Å². The number of esters is 1. The minimum atomic E-state index is -2.80. The fourth-order valence-electron chi connectivity index (χ4n) is 4.31. The fraction of sp³-hybridized carbons (Fsp3) is 0.791. The molecule has 0 heterocycles. The van der Waals surface area contributed by atoms with Gasteiger partial charge in [-0.1, -0.05) is 188 Å². The second kappa shape index (κ2) is 49.4. The van der Waals surface area contributed by atoms with Crippen molar-refractivity contribution in [1.29, 1.82) is 0 Å². The third-order valence-electron chi connectivity index (χ3n) is 7.21. The molecule has 0 aliphatic heterocycles. The van der Waals surface area contributed by atoms with E-state index < -0.39 is 9.84 Å². The molecule has 0 spiro atoms. The van der Waals surface area contributed by atoms with Crippen molar-refractivity contribution in [3.05, 3.63) is 48.6 Å². The molecule has 1 saturated carbocycles. The van der Waals surface area contributed by atoms with Gasteiger partial charge in [-0.25, -0.2) is 8.42 Å². The lowest BCUT2D eigenvalue weighted by Gasteiger charge is -2.15. The predicted molar refractivity (Wildman–Crippen MR) is 226 cm³/mol. The maximum absolute atomic E-state index is 11.0. The quantitative estimate of drug-likeness (QED) is 0.123. The third-order valence-corrected chi connectivity index (χ3v) is 9.15. The Balaban J connectivity index is -0.000000114. The molecule has 0 saturated heterocycles. The van der Waals surface area contributed by atoms with Gasteiger partial charge in [0.2, 0.25) is 0 Å². The number of hydrogen-bond acceptors (Lipinski definition) is 6. The van der Waals surface area contributed by atoms with Crippen molar-refractivity contribution in [2.45, 2.75) is 166 Å². The summed E-state index contributed by atoms with van der Waals surface area (Å²) < 4.78 is 26.3. The SMILES string of the molecule is C=CCC(=O)OC.CC.CC1CCCCC1.CCCC(C)CC.CCCCCC(C)C.CCCS(=O)(=O)CN(C)C.CO.Cc1ccccc1. The van der Waals surface area contributed by atoms with Gasteiger partial charge in [0.15, 0.2) is 9.84 Å². The molecule has 1 aromatic rings. The number of aliphatic hydroxyl groups excluding tert-OH is 1. The van der Waals surface area contributed by atoms with Gasteiger partial charge >= 0.3 is 5.97 Å². The predicted octanol–water partition coefficient (Wildman–Crippen LogP) is 12.3. The molecule has 1 N–H and O–H groups in total. The first-order valence-electron chi connectivity index (χ1n) is 19.6. The third kappa shape index (κ3) is 64.8. The van der Waals surface area contributed by atoms with E-state index in [0.29, 0.717) is 18.6 Å². The summed E-state index contributed by atoms with van der Waals surface area (Å²) >= 11 is 0. The Morgan fingerprint density at radius 2 is 1.44 bits per heavy atom. The van der Waals surface area contributed by atoms with Crippen molar-refractivity contribution in [1.82, 2.24) is 4.90 Å². The largest absolute Gasteiger partial charge is 0.469 e.